The lowest BCUT2D eigenvalue weighted by Gasteiger charge is -2.35. The lowest BCUT2D eigenvalue weighted by Crippen LogP contribution is -2.41. The minimum atomic E-state index is -2.67. The van der Waals surface area contributed by atoms with Gasteiger partial charge in [-0.25, -0.2) is 13.2 Å². The molecule has 0 saturated carbocycles. The number of alkyl halides is 2. The van der Waals surface area contributed by atoms with Crippen LogP contribution in [0, 0.1) is 11.7 Å². The molecule has 3 aromatic rings. The van der Waals surface area contributed by atoms with Crippen LogP contribution >= 0.6 is 11.6 Å². The molecule has 2 aromatic carbocycles. The average Bonchev–Trinajstić information content (AvgIpc) is 3.29. The first-order valence-electron chi connectivity index (χ1n) is 12.5. The lowest BCUT2D eigenvalue weighted by molar-refractivity contribution is -0.131. The molecule has 3 heterocycles. The van der Waals surface area contributed by atoms with Gasteiger partial charge in [0.15, 0.2) is 0 Å². The summed E-state index contributed by atoms with van der Waals surface area (Å²) in [5.74, 6) is -2.78. The number of nitrogens with two attached hydrogens (primary N) is 1. The predicted molar refractivity (Wildman–Crippen MR) is 142 cm³/mol. The second kappa shape index (κ2) is 10.5. The molecule has 1 saturated heterocycles. The molecule has 206 valence electrons. The number of halogens is 4. The van der Waals surface area contributed by atoms with Crippen molar-refractivity contribution in [3.8, 4) is 0 Å². The van der Waals surface area contributed by atoms with Crippen molar-refractivity contribution in [3.05, 3.63) is 74.4 Å². The Kier molecular flexibility index (Phi) is 7.30. The summed E-state index contributed by atoms with van der Waals surface area (Å²) in [5.41, 5.74) is 7.01. The molecule has 2 aliphatic rings. The Morgan fingerprint density at radius 1 is 1.21 bits per heavy atom. The van der Waals surface area contributed by atoms with Gasteiger partial charge in [0.2, 0.25) is 12.3 Å². The van der Waals surface area contributed by atoms with Gasteiger partial charge in [-0.3, -0.25) is 14.4 Å². The molecule has 2 amide bonds. The number of aromatic amines is 1. The Morgan fingerprint density at radius 3 is 2.69 bits per heavy atom. The summed E-state index contributed by atoms with van der Waals surface area (Å²) in [5, 5.41) is 3.70. The van der Waals surface area contributed by atoms with Crippen molar-refractivity contribution in [1.29, 1.82) is 0 Å². The summed E-state index contributed by atoms with van der Waals surface area (Å²) in [6.07, 6.45) is -2.02. The largest absolute Gasteiger partial charge is 0.374 e. The monoisotopic (exact) mass is 561 g/mol. The van der Waals surface area contributed by atoms with Crippen molar-refractivity contribution in [2.45, 2.75) is 31.9 Å². The standard InChI is InChI=1S/C27H27ClF3N5O3/c1-13-17-3-2-16(28)6-14(17)4-5-36(13)24(37)10-33-22-7-15-8-23(34-26(38)18(15)9-20(22)29)27(39)35-11-19(25(30)31)21(32)12-35/h2-3,6-9,13,19,21,25,33H,4-5,10-12,32H2,1H3,(H,34,38)/t13-,19?,21?/m0/s1. The molecular weight excluding hydrogens is 535 g/mol. The van der Waals surface area contributed by atoms with Gasteiger partial charge in [0.25, 0.3) is 11.5 Å². The second-order valence-corrected chi connectivity index (χ2v) is 10.4. The number of amides is 2. The molecule has 4 N–H and O–H groups in total. The molecular formula is C27H27ClF3N5O3. The number of H-pyrrole nitrogens is 1. The quantitative estimate of drug-likeness (QED) is 0.441. The van der Waals surface area contributed by atoms with Crippen molar-refractivity contribution in [2.75, 3.05) is 31.5 Å². The first kappa shape index (κ1) is 27.0. The first-order chi connectivity index (χ1) is 18.5. The SMILES string of the molecule is C[C@H]1c2ccc(Cl)cc2CCN1C(=O)CNc1cc2cc(C(=O)N3CC(N)C(C(F)F)C3)[nH]c(=O)c2cc1F. The molecule has 1 aromatic heterocycles. The van der Waals surface area contributed by atoms with Crippen molar-refractivity contribution < 1.29 is 22.8 Å². The minimum absolute atomic E-state index is 0.00410. The number of carbonyl (C=O) groups excluding carboxylic acids is 2. The van der Waals surface area contributed by atoms with Crippen LogP contribution < -0.4 is 16.6 Å². The number of aromatic nitrogens is 1. The van der Waals surface area contributed by atoms with Crippen molar-refractivity contribution >= 4 is 39.9 Å². The van der Waals surface area contributed by atoms with Gasteiger partial charge in [-0.05, 0) is 60.2 Å². The highest BCUT2D eigenvalue weighted by atomic mass is 35.5. The fourth-order valence-corrected chi connectivity index (χ4v) is 5.60. The molecule has 0 spiro atoms. The number of benzene rings is 2. The summed E-state index contributed by atoms with van der Waals surface area (Å²) in [6.45, 7) is 1.91. The van der Waals surface area contributed by atoms with Crippen molar-refractivity contribution in [3.63, 3.8) is 0 Å². The molecule has 0 bridgehead atoms. The van der Waals surface area contributed by atoms with Crippen LogP contribution in [-0.4, -0.2) is 65.2 Å². The zero-order valence-corrected chi connectivity index (χ0v) is 21.8. The summed E-state index contributed by atoms with van der Waals surface area (Å²) < 4.78 is 41.2. The van der Waals surface area contributed by atoms with Gasteiger partial charge in [-0.2, -0.15) is 0 Å². The molecule has 0 radical (unpaired) electrons. The Bertz CT molecular complexity index is 1510. The predicted octanol–water partition coefficient (Wildman–Crippen LogP) is 3.54. The van der Waals surface area contributed by atoms with Gasteiger partial charge in [0.1, 0.15) is 11.5 Å². The fourth-order valence-electron chi connectivity index (χ4n) is 5.41. The third kappa shape index (κ3) is 5.20. The second-order valence-electron chi connectivity index (χ2n) is 10.0. The van der Waals surface area contributed by atoms with Crippen molar-refractivity contribution in [1.82, 2.24) is 14.8 Å². The normalized spacial score (nSPS) is 20.9. The Morgan fingerprint density at radius 2 is 1.97 bits per heavy atom. The van der Waals surface area contributed by atoms with Crippen LogP contribution in [0.5, 0.6) is 0 Å². The number of hydrogen-bond acceptors (Lipinski definition) is 5. The number of hydrogen-bond donors (Lipinski definition) is 3. The fraction of sp³-hybridized carbons (Fsp3) is 0.370. The number of likely N-dealkylation sites (tertiary alicyclic amines) is 1. The number of rotatable bonds is 5. The Balaban J connectivity index is 1.33. The Labute approximate surface area is 226 Å². The molecule has 8 nitrogen and oxygen atoms in total. The molecule has 1 fully saturated rings. The van der Waals surface area contributed by atoms with Gasteiger partial charge in [-0.1, -0.05) is 17.7 Å². The van der Waals surface area contributed by atoms with Crippen molar-refractivity contribution in [2.24, 2.45) is 11.7 Å². The number of nitrogens with one attached hydrogen (secondary N) is 2. The smallest absolute Gasteiger partial charge is 0.270 e. The van der Waals surface area contributed by atoms with E-state index in [9.17, 15) is 27.6 Å². The topological polar surface area (TPSA) is 112 Å². The number of fused-ring (bicyclic) bond motifs is 2. The van der Waals surface area contributed by atoms with Gasteiger partial charge < -0.3 is 25.8 Å². The molecule has 39 heavy (non-hydrogen) atoms. The maximum absolute atomic E-state index is 14.9. The summed E-state index contributed by atoms with van der Waals surface area (Å²) in [7, 11) is 0. The number of nitrogens with zero attached hydrogens (tertiary/aromatic N) is 2. The molecule has 12 heteroatoms. The first-order valence-corrected chi connectivity index (χ1v) is 12.9. The third-order valence-electron chi connectivity index (χ3n) is 7.58. The lowest BCUT2D eigenvalue weighted by atomic mass is 9.93. The summed E-state index contributed by atoms with van der Waals surface area (Å²) in [6, 6.07) is 8.25. The van der Waals surface area contributed by atoms with E-state index in [1.165, 1.54) is 17.0 Å². The van der Waals surface area contributed by atoms with E-state index in [-0.39, 0.29) is 53.7 Å². The van der Waals surface area contributed by atoms with Gasteiger partial charge in [0.05, 0.1) is 29.6 Å². The van der Waals surface area contributed by atoms with E-state index in [4.69, 9.17) is 17.3 Å². The number of anilines is 1. The van der Waals surface area contributed by atoms with Crippen LogP contribution in [0.1, 0.15) is 34.6 Å². The van der Waals surface area contributed by atoms with E-state index in [1.807, 2.05) is 19.1 Å². The van der Waals surface area contributed by atoms with Gasteiger partial charge >= 0.3 is 0 Å². The van der Waals surface area contributed by atoms with E-state index >= 15 is 0 Å². The molecule has 0 aliphatic carbocycles. The van der Waals surface area contributed by atoms with E-state index in [0.717, 1.165) is 17.2 Å². The minimum Gasteiger partial charge on any atom is -0.374 e. The Hall–Kier alpha value is -3.57. The highest BCUT2D eigenvalue weighted by molar-refractivity contribution is 6.30. The number of pyridine rings is 1. The summed E-state index contributed by atoms with van der Waals surface area (Å²) >= 11 is 6.09. The van der Waals surface area contributed by atoms with Crippen LogP contribution in [0.4, 0.5) is 18.9 Å². The molecule has 3 atom stereocenters. The third-order valence-corrected chi connectivity index (χ3v) is 7.82. The van der Waals surface area contributed by atoms with Crippen LogP contribution in [0.25, 0.3) is 10.8 Å². The highest BCUT2D eigenvalue weighted by Gasteiger charge is 2.39. The van der Waals surface area contributed by atoms with Crippen LogP contribution in [0.3, 0.4) is 0 Å². The van der Waals surface area contributed by atoms with Crippen LogP contribution in [0.15, 0.2) is 41.2 Å². The van der Waals surface area contributed by atoms with E-state index in [1.54, 1.807) is 11.0 Å². The zero-order chi connectivity index (χ0) is 28.0. The van der Waals surface area contributed by atoms with E-state index in [2.05, 4.69) is 10.3 Å². The molecule has 2 aliphatic heterocycles. The van der Waals surface area contributed by atoms with Gasteiger partial charge in [-0.15, -0.1) is 0 Å². The van der Waals surface area contributed by atoms with Gasteiger partial charge in [0, 0.05) is 30.7 Å². The zero-order valence-electron chi connectivity index (χ0n) is 21.0. The average molecular weight is 562 g/mol. The van der Waals surface area contributed by atoms with E-state index < -0.39 is 35.7 Å². The maximum Gasteiger partial charge on any atom is 0.270 e. The van der Waals surface area contributed by atoms with Crippen LogP contribution in [0.2, 0.25) is 5.02 Å². The highest BCUT2D eigenvalue weighted by Crippen LogP contribution is 2.31. The summed E-state index contributed by atoms with van der Waals surface area (Å²) in [4.78, 5) is 43.9. The van der Waals surface area contributed by atoms with E-state index in [0.29, 0.717) is 18.0 Å². The molecule has 2 unspecified atom stereocenters. The maximum atomic E-state index is 14.9. The van der Waals surface area contributed by atoms with Crippen LogP contribution in [-0.2, 0) is 11.2 Å². The number of carbonyl (C=O) groups is 2. The molecule has 5 rings (SSSR count).